The monoisotopic (exact) mass is 347 g/mol. The van der Waals surface area contributed by atoms with Gasteiger partial charge >= 0.3 is 12.2 Å². The maximum absolute atomic E-state index is 12.4. The summed E-state index contributed by atoms with van der Waals surface area (Å²) in [5.41, 5.74) is 0. The number of anilines is 1. The van der Waals surface area contributed by atoms with Crippen LogP contribution in [-0.2, 0) is 11.3 Å². The third kappa shape index (κ3) is 4.87. The fourth-order valence-corrected chi connectivity index (χ4v) is 2.52. The Morgan fingerprint density at radius 2 is 2.21 bits per heavy atom. The fraction of sp³-hybridized carbons (Fsp3) is 0.643. The van der Waals surface area contributed by atoms with E-state index in [-0.39, 0.29) is 17.6 Å². The van der Waals surface area contributed by atoms with Crippen LogP contribution in [0.2, 0.25) is 0 Å². The Morgan fingerprint density at radius 3 is 2.83 bits per heavy atom. The van der Waals surface area contributed by atoms with Gasteiger partial charge in [0.25, 0.3) is 0 Å². The van der Waals surface area contributed by atoms with Crippen LogP contribution in [0.15, 0.2) is 12.3 Å². The van der Waals surface area contributed by atoms with Crippen LogP contribution in [0.25, 0.3) is 0 Å². The molecule has 2 N–H and O–H groups in total. The average molecular weight is 347 g/mol. The Labute approximate surface area is 137 Å². The van der Waals surface area contributed by atoms with Crippen LogP contribution >= 0.6 is 0 Å². The van der Waals surface area contributed by atoms with Gasteiger partial charge in [-0.3, -0.25) is 14.8 Å². The Bertz CT molecular complexity index is 599. The van der Waals surface area contributed by atoms with E-state index in [9.17, 15) is 22.8 Å². The normalized spacial score (nSPS) is 18.7. The van der Waals surface area contributed by atoms with Crippen molar-refractivity contribution in [3.63, 3.8) is 0 Å². The van der Waals surface area contributed by atoms with Gasteiger partial charge in [0, 0.05) is 25.4 Å². The zero-order chi connectivity index (χ0) is 17.9. The summed E-state index contributed by atoms with van der Waals surface area (Å²) in [5, 5.41) is 8.83. The molecule has 0 radical (unpaired) electrons. The molecule has 10 heteroatoms. The van der Waals surface area contributed by atoms with Gasteiger partial charge in [-0.05, 0) is 12.3 Å². The Kier molecular flexibility index (Phi) is 5.35. The molecule has 0 saturated carbocycles. The molecule has 1 aliphatic rings. The van der Waals surface area contributed by atoms with Gasteiger partial charge in [0.2, 0.25) is 5.91 Å². The van der Waals surface area contributed by atoms with Crippen molar-refractivity contribution in [3.05, 3.63) is 12.3 Å². The molecule has 2 rings (SSSR count). The number of nitrogens with one attached hydrogen (secondary N) is 2. The predicted octanol–water partition coefficient (Wildman–Crippen LogP) is 1.82. The number of carbonyl (C=O) groups is 2. The number of nitrogens with zero attached hydrogens (tertiary/aromatic N) is 3. The van der Waals surface area contributed by atoms with Crippen LogP contribution in [0.1, 0.15) is 20.3 Å². The number of carbonyl (C=O) groups excluding carboxylic acids is 2. The van der Waals surface area contributed by atoms with Crippen molar-refractivity contribution >= 4 is 17.8 Å². The number of hydrogen-bond donors (Lipinski definition) is 2. The van der Waals surface area contributed by atoms with Crippen molar-refractivity contribution in [2.24, 2.45) is 5.92 Å². The standard InChI is InChI=1S/C14H20F3N5O2/c1-9(2)7-10-12(23)18-4-6-22(10)13(24)19-11-3-5-21(20-11)8-14(15,16)17/h3,5,9-10H,4,6-8H2,1-2H3,(H,18,23)(H,19,20,24)/t10-/m1/s1. The Morgan fingerprint density at radius 1 is 1.50 bits per heavy atom. The highest BCUT2D eigenvalue weighted by atomic mass is 19.4. The molecule has 1 fully saturated rings. The summed E-state index contributed by atoms with van der Waals surface area (Å²) in [7, 11) is 0. The molecule has 24 heavy (non-hydrogen) atoms. The zero-order valence-electron chi connectivity index (χ0n) is 13.4. The van der Waals surface area contributed by atoms with Gasteiger partial charge in [0.1, 0.15) is 12.6 Å². The quantitative estimate of drug-likeness (QED) is 0.872. The molecule has 1 atom stereocenters. The number of alkyl halides is 3. The molecule has 1 aromatic rings. The van der Waals surface area contributed by atoms with Crippen molar-refractivity contribution in [1.82, 2.24) is 20.0 Å². The van der Waals surface area contributed by atoms with E-state index < -0.39 is 24.8 Å². The SMILES string of the molecule is CC(C)C[C@@H]1C(=O)NCCN1C(=O)Nc1ccn(CC(F)(F)F)n1. The lowest BCUT2D eigenvalue weighted by molar-refractivity contribution is -0.142. The van der Waals surface area contributed by atoms with Gasteiger partial charge in [-0.2, -0.15) is 18.3 Å². The number of piperazine rings is 1. The molecule has 7 nitrogen and oxygen atoms in total. The summed E-state index contributed by atoms with van der Waals surface area (Å²) in [6.45, 7) is 3.32. The van der Waals surface area contributed by atoms with E-state index in [0.29, 0.717) is 24.2 Å². The molecule has 1 saturated heterocycles. The molecule has 1 aromatic heterocycles. The van der Waals surface area contributed by atoms with Crippen molar-refractivity contribution in [2.75, 3.05) is 18.4 Å². The summed E-state index contributed by atoms with van der Waals surface area (Å²) >= 11 is 0. The van der Waals surface area contributed by atoms with E-state index >= 15 is 0 Å². The van der Waals surface area contributed by atoms with Gasteiger partial charge in [-0.15, -0.1) is 0 Å². The minimum atomic E-state index is -4.39. The highest BCUT2D eigenvalue weighted by molar-refractivity contribution is 5.94. The molecule has 0 aliphatic carbocycles. The maximum atomic E-state index is 12.4. The molecular formula is C14H20F3N5O2. The number of aromatic nitrogens is 2. The zero-order valence-corrected chi connectivity index (χ0v) is 13.4. The lowest BCUT2D eigenvalue weighted by Crippen LogP contribution is -2.58. The summed E-state index contributed by atoms with van der Waals surface area (Å²) in [5.74, 6) is -0.00799. The molecule has 0 bridgehead atoms. The van der Waals surface area contributed by atoms with Crippen molar-refractivity contribution < 1.29 is 22.8 Å². The molecule has 2 heterocycles. The van der Waals surface area contributed by atoms with Gasteiger partial charge < -0.3 is 10.2 Å². The van der Waals surface area contributed by atoms with Crippen molar-refractivity contribution in [2.45, 2.75) is 39.0 Å². The smallest absolute Gasteiger partial charge is 0.353 e. The van der Waals surface area contributed by atoms with E-state index in [1.54, 1.807) is 0 Å². The van der Waals surface area contributed by atoms with Gasteiger partial charge in [-0.1, -0.05) is 13.8 Å². The van der Waals surface area contributed by atoms with Crippen LogP contribution in [-0.4, -0.2) is 51.9 Å². The average Bonchev–Trinajstić information content (AvgIpc) is 2.85. The summed E-state index contributed by atoms with van der Waals surface area (Å²) in [6.07, 6.45) is -2.75. The summed E-state index contributed by atoms with van der Waals surface area (Å²) in [4.78, 5) is 25.7. The maximum Gasteiger partial charge on any atom is 0.408 e. The number of halogens is 3. The van der Waals surface area contributed by atoms with Crippen LogP contribution in [0.5, 0.6) is 0 Å². The van der Waals surface area contributed by atoms with E-state index in [0.717, 1.165) is 6.20 Å². The number of hydrogen-bond acceptors (Lipinski definition) is 3. The minimum Gasteiger partial charge on any atom is -0.353 e. The van der Waals surface area contributed by atoms with Gasteiger partial charge in [-0.25, -0.2) is 4.79 Å². The first kappa shape index (κ1) is 18.1. The predicted molar refractivity (Wildman–Crippen MR) is 80.3 cm³/mol. The molecule has 0 spiro atoms. The van der Waals surface area contributed by atoms with Gasteiger partial charge in [0.15, 0.2) is 5.82 Å². The molecule has 1 aliphatic heterocycles. The Hall–Kier alpha value is -2.26. The number of rotatable bonds is 4. The summed E-state index contributed by atoms with van der Waals surface area (Å²) < 4.78 is 37.7. The second-order valence-corrected chi connectivity index (χ2v) is 6.07. The molecule has 3 amide bonds. The second-order valence-electron chi connectivity index (χ2n) is 6.07. The van der Waals surface area contributed by atoms with Crippen LogP contribution in [0.4, 0.5) is 23.8 Å². The minimum absolute atomic E-state index is 0.0125. The van der Waals surface area contributed by atoms with Crippen LogP contribution in [0.3, 0.4) is 0 Å². The highest BCUT2D eigenvalue weighted by Crippen LogP contribution is 2.19. The second kappa shape index (κ2) is 7.10. The topological polar surface area (TPSA) is 79.3 Å². The molecular weight excluding hydrogens is 327 g/mol. The Balaban J connectivity index is 2.03. The molecule has 0 aromatic carbocycles. The first-order valence-electron chi connectivity index (χ1n) is 7.61. The first-order valence-corrected chi connectivity index (χ1v) is 7.61. The van der Waals surface area contributed by atoms with Crippen molar-refractivity contribution in [1.29, 1.82) is 0 Å². The highest BCUT2D eigenvalue weighted by Gasteiger charge is 2.34. The number of urea groups is 1. The van der Waals surface area contributed by atoms with E-state index in [1.165, 1.54) is 11.0 Å². The van der Waals surface area contributed by atoms with Gasteiger partial charge in [0.05, 0.1) is 0 Å². The lowest BCUT2D eigenvalue weighted by atomic mass is 10.0. The molecule has 0 unspecified atom stereocenters. The first-order chi connectivity index (χ1) is 11.2. The van der Waals surface area contributed by atoms with Crippen LogP contribution in [0, 0.1) is 5.92 Å². The molecule has 134 valence electrons. The third-order valence-electron chi connectivity index (χ3n) is 3.50. The van der Waals surface area contributed by atoms with Crippen molar-refractivity contribution in [3.8, 4) is 0 Å². The van der Waals surface area contributed by atoms with E-state index in [1.807, 2.05) is 13.8 Å². The number of amides is 3. The van der Waals surface area contributed by atoms with E-state index in [4.69, 9.17) is 0 Å². The van der Waals surface area contributed by atoms with E-state index in [2.05, 4.69) is 15.7 Å². The third-order valence-corrected chi connectivity index (χ3v) is 3.50. The lowest BCUT2D eigenvalue weighted by Gasteiger charge is -2.35. The van der Waals surface area contributed by atoms with Crippen LogP contribution < -0.4 is 10.6 Å². The fourth-order valence-electron chi connectivity index (χ4n) is 2.52. The largest absolute Gasteiger partial charge is 0.408 e. The summed E-state index contributed by atoms with van der Waals surface area (Å²) in [6, 6.07) is 0.134.